The fourth-order valence-corrected chi connectivity index (χ4v) is 3.34. The minimum atomic E-state index is 0.435. The van der Waals surface area contributed by atoms with Gasteiger partial charge in [0.15, 0.2) is 0 Å². The van der Waals surface area contributed by atoms with Gasteiger partial charge in [-0.1, -0.05) is 24.3 Å². The molecule has 0 saturated carbocycles. The summed E-state index contributed by atoms with van der Waals surface area (Å²) in [4.78, 5) is 2.65. The molecule has 92 valence electrons. The molecule has 1 aliphatic heterocycles. The molecule has 1 aromatic carbocycles. The second-order valence-electron chi connectivity index (χ2n) is 5.48. The van der Waals surface area contributed by atoms with Crippen LogP contribution in [-0.4, -0.2) is 24.0 Å². The molecule has 1 saturated heterocycles. The largest absolute Gasteiger partial charge is 0.328 e. The molecule has 2 aliphatic rings. The highest BCUT2D eigenvalue weighted by Gasteiger charge is 2.27. The summed E-state index contributed by atoms with van der Waals surface area (Å²) in [6.45, 7) is 2.36. The maximum Gasteiger partial charge on any atom is 0.0350 e. The van der Waals surface area contributed by atoms with Gasteiger partial charge in [0.2, 0.25) is 0 Å². The molecule has 1 aromatic rings. The van der Waals surface area contributed by atoms with E-state index in [1.54, 1.807) is 11.1 Å². The molecule has 1 atom stereocenters. The Morgan fingerprint density at radius 1 is 1.06 bits per heavy atom. The molecule has 1 fully saturated rings. The quantitative estimate of drug-likeness (QED) is 0.803. The van der Waals surface area contributed by atoms with Crippen LogP contribution in [0.4, 0.5) is 0 Å². The van der Waals surface area contributed by atoms with E-state index in [0.717, 1.165) is 0 Å². The van der Waals surface area contributed by atoms with Gasteiger partial charge >= 0.3 is 0 Å². The first kappa shape index (κ1) is 11.2. The summed E-state index contributed by atoms with van der Waals surface area (Å²) < 4.78 is 0. The highest BCUT2D eigenvalue weighted by molar-refractivity contribution is 5.32. The zero-order valence-corrected chi connectivity index (χ0v) is 10.4. The van der Waals surface area contributed by atoms with Crippen molar-refractivity contribution in [1.29, 1.82) is 0 Å². The zero-order chi connectivity index (χ0) is 11.7. The lowest BCUT2D eigenvalue weighted by atomic mass is 9.86. The van der Waals surface area contributed by atoms with Crippen LogP contribution in [0.5, 0.6) is 0 Å². The second-order valence-corrected chi connectivity index (χ2v) is 5.48. The van der Waals surface area contributed by atoms with E-state index in [0.29, 0.717) is 12.1 Å². The lowest BCUT2D eigenvalue weighted by Gasteiger charge is -2.39. The molecule has 2 nitrogen and oxygen atoms in total. The summed E-state index contributed by atoms with van der Waals surface area (Å²) >= 11 is 0. The molecular formula is C15H22N2. The number of nitrogens with zero attached hydrogens (tertiary/aromatic N) is 1. The van der Waals surface area contributed by atoms with Crippen molar-refractivity contribution in [3.63, 3.8) is 0 Å². The van der Waals surface area contributed by atoms with E-state index in [9.17, 15) is 0 Å². The Balaban J connectivity index is 1.80. The Bertz CT molecular complexity index is 380. The van der Waals surface area contributed by atoms with E-state index in [4.69, 9.17) is 5.73 Å². The Morgan fingerprint density at radius 2 is 1.82 bits per heavy atom. The van der Waals surface area contributed by atoms with Crippen LogP contribution in [0.15, 0.2) is 24.3 Å². The molecule has 0 amide bonds. The predicted molar refractivity (Wildman–Crippen MR) is 70.9 cm³/mol. The van der Waals surface area contributed by atoms with Gasteiger partial charge in [0.1, 0.15) is 0 Å². The van der Waals surface area contributed by atoms with Crippen molar-refractivity contribution in [3.05, 3.63) is 35.4 Å². The average molecular weight is 230 g/mol. The van der Waals surface area contributed by atoms with Crippen LogP contribution >= 0.6 is 0 Å². The van der Waals surface area contributed by atoms with Crippen LogP contribution in [-0.2, 0) is 6.42 Å². The van der Waals surface area contributed by atoms with E-state index in [1.807, 2.05) is 0 Å². The van der Waals surface area contributed by atoms with Gasteiger partial charge in [-0.2, -0.15) is 0 Å². The number of benzene rings is 1. The lowest BCUT2D eigenvalue weighted by molar-refractivity contribution is 0.139. The first-order chi connectivity index (χ1) is 8.34. The monoisotopic (exact) mass is 230 g/mol. The van der Waals surface area contributed by atoms with Crippen molar-refractivity contribution in [2.24, 2.45) is 5.73 Å². The van der Waals surface area contributed by atoms with Crippen molar-refractivity contribution in [1.82, 2.24) is 4.90 Å². The topological polar surface area (TPSA) is 29.3 Å². The number of piperidine rings is 1. The van der Waals surface area contributed by atoms with Crippen LogP contribution < -0.4 is 5.73 Å². The van der Waals surface area contributed by atoms with E-state index in [2.05, 4.69) is 29.2 Å². The normalized spacial score (nSPS) is 26.8. The van der Waals surface area contributed by atoms with Gasteiger partial charge in [0.25, 0.3) is 0 Å². The van der Waals surface area contributed by atoms with Gasteiger partial charge in [-0.3, -0.25) is 4.90 Å². The number of nitrogens with two attached hydrogens (primary N) is 1. The van der Waals surface area contributed by atoms with Gasteiger partial charge in [-0.05, 0) is 43.2 Å². The van der Waals surface area contributed by atoms with E-state index < -0.39 is 0 Å². The average Bonchev–Trinajstić information content (AvgIpc) is 2.39. The van der Waals surface area contributed by atoms with E-state index in [1.165, 1.54) is 45.2 Å². The predicted octanol–water partition coefficient (Wildman–Crippen LogP) is 2.49. The van der Waals surface area contributed by atoms with Crippen molar-refractivity contribution >= 4 is 0 Å². The van der Waals surface area contributed by atoms with Crippen molar-refractivity contribution in [3.8, 4) is 0 Å². The van der Waals surface area contributed by atoms with Crippen molar-refractivity contribution < 1.29 is 0 Å². The van der Waals surface area contributed by atoms with Crippen molar-refractivity contribution in [2.75, 3.05) is 13.1 Å². The lowest BCUT2D eigenvalue weighted by Crippen LogP contribution is -2.42. The summed E-state index contributed by atoms with van der Waals surface area (Å²) in [6, 6.07) is 10.1. The highest BCUT2D eigenvalue weighted by Crippen LogP contribution is 2.35. The third-order valence-electron chi connectivity index (χ3n) is 4.35. The Hall–Kier alpha value is -0.860. The smallest absolute Gasteiger partial charge is 0.0350 e. The number of hydrogen-bond donors (Lipinski definition) is 1. The van der Waals surface area contributed by atoms with Gasteiger partial charge in [-0.25, -0.2) is 0 Å². The minimum absolute atomic E-state index is 0.435. The second kappa shape index (κ2) is 4.79. The summed E-state index contributed by atoms with van der Waals surface area (Å²) in [5.74, 6) is 0. The third-order valence-corrected chi connectivity index (χ3v) is 4.35. The number of likely N-dealkylation sites (tertiary alicyclic amines) is 1. The molecule has 17 heavy (non-hydrogen) atoms. The SMILES string of the molecule is NC1CCN(C2CCCc3ccccc32)CC1. The summed E-state index contributed by atoms with van der Waals surface area (Å²) in [7, 11) is 0. The first-order valence-corrected chi connectivity index (χ1v) is 6.92. The Kier molecular flexibility index (Phi) is 3.17. The molecule has 0 bridgehead atoms. The summed E-state index contributed by atoms with van der Waals surface area (Å²) in [5, 5.41) is 0. The standard InChI is InChI=1S/C15H22N2/c16-13-8-10-17(11-9-13)15-7-3-5-12-4-1-2-6-14(12)15/h1-2,4,6,13,15H,3,5,7-11,16H2. The summed E-state index contributed by atoms with van der Waals surface area (Å²) in [6.07, 6.45) is 6.26. The minimum Gasteiger partial charge on any atom is -0.328 e. The molecule has 0 aromatic heterocycles. The summed E-state index contributed by atoms with van der Waals surface area (Å²) in [5.41, 5.74) is 9.14. The molecule has 1 heterocycles. The van der Waals surface area contributed by atoms with Crippen LogP contribution in [0.2, 0.25) is 0 Å². The van der Waals surface area contributed by atoms with Crippen molar-refractivity contribution in [2.45, 2.75) is 44.2 Å². The highest BCUT2D eigenvalue weighted by atomic mass is 15.2. The van der Waals surface area contributed by atoms with Gasteiger partial charge in [0, 0.05) is 25.2 Å². The number of aryl methyl sites for hydroxylation is 1. The molecule has 2 N–H and O–H groups in total. The molecule has 3 rings (SSSR count). The first-order valence-electron chi connectivity index (χ1n) is 6.92. The van der Waals surface area contributed by atoms with Crippen LogP contribution in [0.1, 0.15) is 42.9 Å². The number of hydrogen-bond acceptors (Lipinski definition) is 2. The van der Waals surface area contributed by atoms with Crippen LogP contribution in [0, 0.1) is 0 Å². The fourth-order valence-electron chi connectivity index (χ4n) is 3.34. The Labute approximate surface area is 104 Å². The Morgan fingerprint density at radius 3 is 2.65 bits per heavy atom. The van der Waals surface area contributed by atoms with Gasteiger partial charge < -0.3 is 5.73 Å². The van der Waals surface area contributed by atoms with E-state index in [-0.39, 0.29) is 0 Å². The molecule has 0 spiro atoms. The van der Waals surface area contributed by atoms with Crippen LogP contribution in [0.3, 0.4) is 0 Å². The number of rotatable bonds is 1. The number of fused-ring (bicyclic) bond motifs is 1. The molecule has 1 unspecified atom stereocenters. The maximum atomic E-state index is 5.99. The van der Waals surface area contributed by atoms with E-state index >= 15 is 0 Å². The van der Waals surface area contributed by atoms with Gasteiger partial charge in [-0.15, -0.1) is 0 Å². The molecule has 1 aliphatic carbocycles. The third kappa shape index (κ3) is 2.24. The fraction of sp³-hybridized carbons (Fsp3) is 0.600. The maximum absolute atomic E-state index is 5.99. The molecular weight excluding hydrogens is 208 g/mol. The van der Waals surface area contributed by atoms with Crippen LogP contribution in [0.25, 0.3) is 0 Å². The zero-order valence-electron chi connectivity index (χ0n) is 10.4. The van der Waals surface area contributed by atoms with Gasteiger partial charge in [0.05, 0.1) is 0 Å². The molecule has 2 heteroatoms. The molecule has 0 radical (unpaired) electrons.